The molecule has 1 unspecified atom stereocenters. The van der Waals surface area contributed by atoms with Crippen LogP contribution in [0.3, 0.4) is 0 Å². The molecule has 1 saturated heterocycles. The fourth-order valence-corrected chi connectivity index (χ4v) is 4.11. The molecule has 1 atom stereocenters. The highest BCUT2D eigenvalue weighted by molar-refractivity contribution is 6.00. The van der Waals surface area contributed by atoms with Crippen molar-refractivity contribution in [1.29, 1.82) is 0 Å². The minimum atomic E-state index is -0.504. The van der Waals surface area contributed by atoms with Crippen molar-refractivity contribution in [2.24, 2.45) is 0 Å². The number of piperidine rings is 1. The molecule has 1 fully saturated rings. The Morgan fingerprint density at radius 3 is 2.87 bits per heavy atom. The summed E-state index contributed by atoms with van der Waals surface area (Å²) in [4.78, 5) is 31.9. The highest BCUT2D eigenvalue weighted by Crippen LogP contribution is 2.22. The lowest BCUT2D eigenvalue weighted by molar-refractivity contribution is -0.121. The minimum Gasteiger partial charge on any atom is -0.459 e. The van der Waals surface area contributed by atoms with Gasteiger partial charge in [-0.25, -0.2) is 4.98 Å². The maximum absolute atomic E-state index is 13.1. The molecule has 0 bridgehead atoms. The average molecular weight is 421 g/mol. The maximum atomic E-state index is 13.1. The van der Waals surface area contributed by atoms with Crippen molar-refractivity contribution in [3.05, 3.63) is 72.2 Å². The van der Waals surface area contributed by atoms with E-state index in [9.17, 15) is 9.59 Å². The highest BCUT2D eigenvalue weighted by Gasteiger charge is 2.33. The highest BCUT2D eigenvalue weighted by atomic mass is 16.3. The van der Waals surface area contributed by atoms with E-state index >= 15 is 0 Å². The van der Waals surface area contributed by atoms with Gasteiger partial charge in [-0.15, -0.1) is 0 Å². The van der Waals surface area contributed by atoms with Crippen molar-refractivity contribution in [3.8, 4) is 0 Å². The predicted molar refractivity (Wildman–Crippen MR) is 118 cm³/mol. The van der Waals surface area contributed by atoms with Crippen LogP contribution in [0.5, 0.6) is 0 Å². The van der Waals surface area contributed by atoms with E-state index in [4.69, 9.17) is 4.42 Å². The van der Waals surface area contributed by atoms with Crippen LogP contribution in [0.15, 0.2) is 59.5 Å². The number of nitrogens with zero attached hydrogens (tertiary/aromatic N) is 3. The lowest BCUT2D eigenvalue weighted by Crippen LogP contribution is -2.49. The van der Waals surface area contributed by atoms with Gasteiger partial charge in [0.25, 0.3) is 5.91 Å². The maximum Gasteiger partial charge on any atom is 0.290 e. The minimum absolute atomic E-state index is 0.165. The molecule has 0 saturated carbocycles. The summed E-state index contributed by atoms with van der Waals surface area (Å²) in [6.07, 6.45) is 7.70. The van der Waals surface area contributed by atoms with Crippen LogP contribution >= 0.6 is 0 Å². The molecule has 162 valence electrons. The summed E-state index contributed by atoms with van der Waals surface area (Å²) in [5, 5.41) is 3.01. The second kappa shape index (κ2) is 9.20. The molecule has 0 spiro atoms. The van der Waals surface area contributed by atoms with Gasteiger partial charge in [0.05, 0.1) is 6.26 Å². The molecular formula is C24H28N4O3. The van der Waals surface area contributed by atoms with E-state index in [0.717, 1.165) is 29.9 Å². The summed E-state index contributed by atoms with van der Waals surface area (Å²) in [7, 11) is 0. The summed E-state index contributed by atoms with van der Waals surface area (Å²) in [5.74, 6) is 1.23. The first-order valence-corrected chi connectivity index (χ1v) is 10.8. The number of furan rings is 1. The number of imidazole rings is 1. The van der Waals surface area contributed by atoms with Crippen molar-refractivity contribution in [3.63, 3.8) is 0 Å². The Morgan fingerprint density at radius 2 is 2.10 bits per heavy atom. The third-order valence-corrected chi connectivity index (χ3v) is 5.61. The lowest BCUT2D eigenvalue weighted by atomic mass is 10.0. The van der Waals surface area contributed by atoms with E-state index in [1.165, 1.54) is 6.26 Å². The molecule has 3 aromatic rings. The Bertz CT molecular complexity index is 1040. The number of hydrogen-bond acceptors (Lipinski definition) is 4. The zero-order valence-electron chi connectivity index (χ0n) is 18.0. The summed E-state index contributed by atoms with van der Waals surface area (Å²) in [5.41, 5.74) is 1.80. The van der Waals surface area contributed by atoms with Crippen LogP contribution in [0.2, 0.25) is 0 Å². The Morgan fingerprint density at radius 1 is 1.23 bits per heavy atom. The summed E-state index contributed by atoms with van der Waals surface area (Å²) >= 11 is 0. The van der Waals surface area contributed by atoms with Crippen molar-refractivity contribution < 1.29 is 14.0 Å². The lowest BCUT2D eigenvalue weighted by Gasteiger charge is -2.34. The SMILES string of the molecule is CC(C)c1nccn1Cc1cccc(NC(=O)C2CCCCN2C(=O)c2ccco2)c1. The topological polar surface area (TPSA) is 80.4 Å². The Kier molecular flexibility index (Phi) is 6.21. The number of benzene rings is 1. The van der Waals surface area contributed by atoms with E-state index in [1.807, 2.05) is 36.7 Å². The van der Waals surface area contributed by atoms with Crippen LogP contribution < -0.4 is 5.32 Å². The molecule has 1 aromatic carbocycles. The summed E-state index contributed by atoms with van der Waals surface area (Å²) in [6, 6.07) is 10.6. The van der Waals surface area contributed by atoms with Crippen LogP contribution in [-0.2, 0) is 11.3 Å². The number of carbonyl (C=O) groups is 2. The Balaban J connectivity index is 1.47. The van der Waals surface area contributed by atoms with Crippen LogP contribution in [0.1, 0.15) is 61.0 Å². The number of aromatic nitrogens is 2. The Hall–Kier alpha value is -3.35. The van der Waals surface area contributed by atoms with Gasteiger partial charge < -0.3 is 19.2 Å². The molecule has 3 heterocycles. The molecule has 2 aromatic heterocycles. The van der Waals surface area contributed by atoms with Crippen LogP contribution in [0, 0.1) is 0 Å². The number of nitrogens with one attached hydrogen (secondary N) is 1. The molecular weight excluding hydrogens is 392 g/mol. The first-order chi connectivity index (χ1) is 15.0. The van der Waals surface area contributed by atoms with Crippen LogP contribution in [0.25, 0.3) is 0 Å². The van der Waals surface area contributed by atoms with Crippen LogP contribution in [-0.4, -0.2) is 38.9 Å². The molecule has 0 aliphatic carbocycles. The molecule has 4 rings (SSSR count). The summed E-state index contributed by atoms with van der Waals surface area (Å²) < 4.78 is 7.38. The molecule has 1 aliphatic heterocycles. The Labute approximate surface area is 182 Å². The zero-order chi connectivity index (χ0) is 21.8. The van der Waals surface area contributed by atoms with Gasteiger partial charge in [-0.05, 0) is 49.1 Å². The van der Waals surface area contributed by atoms with E-state index in [0.29, 0.717) is 25.4 Å². The van der Waals surface area contributed by atoms with Gasteiger partial charge in [-0.1, -0.05) is 26.0 Å². The number of anilines is 1. The first kappa shape index (κ1) is 20.9. The monoisotopic (exact) mass is 420 g/mol. The third kappa shape index (κ3) is 4.71. The van der Waals surface area contributed by atoms with Gasteiger partial charge in [0.2, 0.25) is 5.91 Å². The fourth-order valence-electron chi connectivity index (χ4n) is 4.11. The average Bonchev–Trinajstić information content (AvgIpc) is 3.46. The van der Waals surface area contributed by atoms with E-state index in [2.05, 4.69) is 28.7 Å². The van der Waals surface area contributed by atoms with E-state index in [1.54, 1.807) is 17.0 Å². The van der Waals surface area contributed by atoms with Gasteiger partial charge in [0, 0.05) is 37.1 Å². The molecule has 0 radical (unpaired) electrons. The van der Waals surface area contributed by atoms with Gasteiger partial charge in [-0.3, -0.25) is 9.59 Å². The molecule has 7 heteroatoms. The first-order valence-electron chi connectivity index (χ1n) is 10.8. The van der Waals surface area contributed by atoms with Gasteiger partial charge in [-0.2, -0.15) is 0 Å². The normalized spacial score (nSPS) is 16.5. The smallest absolute Gasteiger partial charge is 0.290 e. The molecule has 31 heavy (non-hydrogen) atoms. The molecule has 1 N–H and O–H groups in total. The van der Waals surface area contributed by atoms with Crippen molar-refractivity contribution in [1.82, 2.24) is 14.5 Å². The standard InChI is InChI=1S/C24H28N4O3/c1-17(2)22-25-11-13-27(22)16-18-7-5-8-19(15-18)26-23(29)20-9-3-4-12-28(20)24(30)21-10-6-14-31-21/h5-8,10-11,13-15,17,20H,3-4,9,12,16H2,1-2H3,(H,26,29). The van der Waals surface area contributed by atoms with Crippen molar-refractivity contribution in [2.45, 2.75) is 51.6 Å². The quantitative estimate of drug-likeness (QED) is 0.645. The number of rotatable bonds is 6. The van der Waals surface area contributed by atoms with E-state index in [-0.39, 0.29) is 17.6 Å². The zero-order valence-corrected chi connectivity index (χ0v) is 18.0. The summed E-state index contributed by atoms with van der Waals surface area (Å²) in [6.45, 7) is 5.48. The third-order valence-electron chi connectivity index (χ3n) is 5.61. The van der Waals surface area contributed by atoms with Crippen molar-refractivity contribution >= 4 is 17.5 Å². The molecule has 2 amide bonds. The molecule has 1 aliphatic rings. The second-order valence-electron chi connectivity index (χ2n) is 8.25. The number of hydrogen-bond donors (Lipinski definition) is 1. The van der Waals surface area contributed by atoms with Gasteiger partial charge >= 0.3 is 0 Å². The fraction of sp³-hybridized carbons (Fsp3) is 0.375. The van der Waals surface area contributed by atoms with Gasteiger partial charge in [0.15, 0.2) is 5.76 Å². The predicted octanol–water partition coefficient (Wildman–Crippen LogP) is 4.28. The number of likely N-dealkylation sites (tertiary alicyclic amines) is 1. The second-order valence-corrected chi connectivity index (χ2v) is 8.25. The van der Waals surface area contributed by atoms with E-state index < -0.39 is 6.04 Å². The largest absolute Gasteiger partial charge is 0.459 e. The molecule has 7 nitrogen and oxygen atoms in total. The number of carbonyl (C=O) groups excluding carboxylic acids is 2. The van der Waals surface area contributed by atoms with Gasteiger partial charge in [0.1, 0.15) is 11.9 Å². The number of amides is 2. The van der Waals surface area contributed by atoms with Crippen molar-refractivity contribution in [2.75, 3.05) is 11.9 Å². The van der Waals surface area contributed by atoms with Crippen LogP contribution in [0.4, 0.5) is 5.69 Å².